The van der Waals surface area contributed by atoms with Gasteiger partial charge in [-0.2, -0.15) is 0 Å². The van der Waals surface area contributed by atoms with Crippen molar-refractivity contribution in [2.75, 3.05) is 38.2 Å². The summed E-state index contributed by atoms with van der Waals surface area (Å²) in [6.07, 6.45) is 1.65. The van der Waals surface area contributed by atoms with Gasteiger partial charge in [0.1, 0.15) is 5.82 Å². The van der Waals surface area contributed by atoms with Gasteiger partial charge in [-0.25, -0.2) is 4.98 Å². The summed E-state index contributed by atoms with van der Waals surface area (Å²) < 4.78 is 0. The molecule has 0 aliphatic rings. The molecule has 0 amide bonds. The Kier molecular flexibility index (Phi) is 4.09. The number of nitrogens with two attached hydrogens (primary N) is 1. The first-order chi connectivity index (χ1) is 7.39. The Morgan fingerprint density at radius 1 is 1.50 bits per heavy atom. The van der Waals surface area contributed by atoms with E-state index in [9.17, 15) is 5.11 Å². The largest absolute Gasteiger partial charge is 0.387 e. The SMILES string of the molecule is CN(C)CC(C)(O)CNc1ccc(N)nc1. The molecule has 0 saturated carbocycles. The van der Waals surface area contributed by atoms with Crippen molar-refractivity contribution in [3.63, 3.8) is 0 Å². The van der Waals surface area contributed by atoms with Gasteiger partial charge in [-0.05, 0) is 33.2 Å². The number of likely N-dealkylation sites (N-methyl/N-ethyl adjacent to an activating group) is 1. The van der Waals surface area contributed by atoms with E-state index >= 15 is 0 Å². The Labute approximate surface area is 96.3 Å². The highest BCUT2D eigenvalue weighted by atomic mass is 16.3. The fourth-order valence-electron chi connectivity index (χ4n) is 1.54. The zero-order valence-electron chi connectivity index (χ0n) is 10.1. The van der Waals surface area contributed by atoms with Gasteiger partial charge in [0.15, 0.2) is 0 Å². The van der Waals surface area contributed by atoms with Crippen LogP contribution < -0.4 is 11.1 Å². The second-order valence-corrected chi connectivity index (χ2v) is 4.56. The minimum Gasteiger partial charge on any atom is -0.387 e. The maximum atomic E-state index is 10.1. The number of pyridine rings is 1. The summed E-state index contributed by atoms with van der Waals surface area (Å²) in [7, 11) is 3.86. The molecule has 0 fully saturated rings. The second-order valence-electron chi connectivity index (χ2n) is 4.56. The number of hydrogen-bond acceptors (Lipinski definition) is 5. The molecule has 1 aromatic heterocycles. The highest BCUT2D eigenvalue weighted by molar-refractivity contribution is 5.45. The molecule has 5 heteroatoms. The molecule has 0 aliphatic heterocycles. The minimum atomic E-state index is -0.773. The van der Waals surface area contributed by atoms with Crippen molar-refractivity contribution in [1.82, 2.24) is 9.88 Å². The van der Waals surface area contributed by atoms with Crippen molar-refractivity contribution in [2.24, 2.45) is 0 Å². The lowest BCUT2D eigenvalue weighted by Crippen LogP contribution is -2.43. The van der Waals surface area contributed by atoms with Gasteiger partial charge in [0.2, 0.25) is 0 Å². The zero-order valence-corrected chi connectivity index (χ0v) is 10.1. The summed E-state index contributed by atoms with van der Waals surface area (Å²) in [4.78, 5) is 5.91. The minimum absolute atomic E-state index is 0.469. The number of aromatic nitrogens is 1. The molecule has 0 bridgehead atoms. The molecule has 0 aromatic carbocycles. The molecule has 1 aromatic rings. The standard InChI is InChI=1S/C11H20N4O/c1-11(16,8-15(2)3)7-14-9-4-5-10(12)13-6-9/h4-6,14,16H,7-8H2,1-3H3,(H2,12,13). The van der Waals surface area contributed by atoms with Gasteiger partial charge in [-0.1, -0.05) is 0 Å². The van der Waals surface area contributed by atoms with Crippen molar-refractivity contribution in [2.45, 2.75) is 12.5 Å². The van der Waals surface area contributed by atoms with E-state index in [0.717, 1.165) is 5.69 Å². The Balaban J connectivity index is 2.47. The van der Waals surface area contributed by atoms with Gasteiger partial charge in [-0.15, -0.1) is 0 Å². The third kappa shape index (κ3) is 4.46. The highest BCUT2D eigenvalue weighted by Crippen LogP contribution is 2.10. The summed E-state index contributed by atoms with van der Waals surface area (Å²) in [5, 5.41) is 13.2. The Morgan fingerprint density at radius 2 is 2.19 bits per heavy atom. The maximum absolute atomic E-state index is 10.1. The molecule has 1 atom stereocenters. The van der Waals surface area contributed by atoms with Gasteiger partial charge >= 0.3 is 0 Å². The van der Waals surface area contributed by atoms with Crippen LogP contribution in [-0.2, 0) is 0 Å². The van der Waals surface area contributed by atoms with Gasteiger partial charge < -0.3 is 21.1 Å². The summed E-state index contributed by atoms with van der Waals surface area (Å²) in [6.45, 7) is 2.86. The van der Waals surface area contributed by atoms with Crippen molar-refractivity contribution >= 4 is 11.5 Å². The summed E-state index contributed by atoms with van der Waals surface area (Å²) >= 11 is 0. The van der Waals surface area contributed by atoms with E-state index in [4.69, 9.17) is 5.73 Å². The smallest absolute Gasteiger partial charge is 0.123 e. The lowest BCUT2D eigenvalue weighted by atomic mass is 10.1. The van der Waals surface area contributed by atoms with Gasteiger partial charge in [0, 0.05) is 13.1 Å². The van der Waals surface area contributed by atoms with E-state index in [2.05, 4.69) is 10.3 Å². The first-order valence-corrected chi connectivity index (χ1v) is 5.21. The number of nitrogens with zero attached hydrogens (tertiary/aromatic N) is 2. The number of anilines is 2. The Hall–Kier alpha value is -1.33. The van der Waals surface area contributed by atoms with E-state index in [0.29, 0.717) is 18.9 Å². The summed E-state index contributed by atoms with van der Waals surface area (Å²) in [6, 6.07) is 3.57. The van der Waals surface area contributed by atoms with Crippen LogP contribution in [0.1, 0.15) is 6.92 Å². The van der Waals surface area contributed by atoms with Crippen LogP contribution in [0.5, 0.6) is 0 Å². The molecule has 1 rings (SSSR count). The molecule has 0 saturated heterocycles. The molecule has 1 unspecified atom stereocenters. The van der Waals surface area contributed by atoms with E-state index in [1.807, 2.05) is 25.1 Å². The third-order valence-electron chi connectivity index (χ3n) is 2.12. The molecule has 0 aliphatic carbocycles. The van der Waals surface area contributed by atoms with Crippen LogP contribution in [0.15, 0.2) is 18.3 Å². The fraction of sp³-hybridized carbons (Fsp3) is 0.545. The molecular formula is C11H20N4O. The molecule has 1 heterocycles. The lowest BCUT2D eigenvalue weighted by Gasteiger charge is -2.27. The zero-order chi connectivity index (χ0) is 12.2. The van der Waals surface area contributed by atoms with Crippen LogP contribution >= 0.6 is 0 Å². The van der Waals surface area contributed by atoms with Crippen molar-refractivity contribution in [3.05, 3.63) is 18.3 Å². The highest BCUT2D eigenvalue weighted by Gasteiger charge is 2.20. The number of nitrogen functional groups attached to an aromatic ring is 1. The topological polar surface area (TPSA) is 74.4 Å². The fourth-order valence-corrected chi connectivity index (χ4v) is 1.54. The van der Waals surface area contributed by atoms with E-state index in [1.165, 1.54) is 0 Å². The van der Waals surface area contributed by atoms with Crippen LogP contribution in [0.4, 0.5) is 11.5 Å². The lowest BCUT2D eigenvalue weighted by molar-refractivity contribution is 0.0460. The van der Waals surface area contributed by atoms with E-state index < -0.39 is 5.60 Å². The molecule has 90 valence electrons. The summed E-state index contributed by atoms with van der Waals surface area (Å²) in [5.74, 6) is 0.491. The van der Waals surface area contributed by atoms with Crippen molar-refractivity contribution in [1.29, 1.82) is 0 Å². The number of rotatable bonds is 5. The van der Waals surface area contributed by atoms with Gasteiger partial charge in [-0.3, -0.25) is 0 Å². The van der Waals surface area contributed by atoms with E-state index in [1.54, 1.807) is 19.2 Å². The van der Waals surface area contributed by atoms with Gasteiger partial charge in [0.05, 0.1) is 17.5 Å². The first-order valence-electron chi connectivity index (χ1n) is 5.21. The third-order valence-corrected chi connectivity index (χ3v) is 2.12. The number of aliphatic hydroxyl groups is 1. The molecule has 16 heavy (non-hydrogen) atoms. The van der Waals surface area contributed by atoms with Crippen LogP contribution in [0.2, 0.25) is 0 Å². The quantitative estimate of drug-likeness (QED) is 0.674. The molecule has 5 nitrogen and oxygen atoms in total. The van der Waals surface area contributed by atoms with Gasteiger partial charge in [0.25, 0.3) is 0 Å². The molecular weight excluding hydrogens is 204 g/mol. The first kappa shape index (κ1) is 12.7. The van der Waals surface area contributed by atoms with Crippen LogP contribution in [0, 0.1) is 0 Å². The Bertz CT molecular complexity index is 321. The normalized spacial score (nSPS) is 14.8. The monoisotopic (exact) mass is 224 g/mol. The average molecular weight is 224 g/mol. The predicted molar refractivity (Wildman–Crippen MR) is 66.3 cm³/mol. The molecule has 0 radical (unpaired) electrons. The van der Waals surface area contributed by atoms with Crippen LogP contribution in [0.3, 0.4) is 0 Å². The van der Waals surface area contributed by atoms with E-state index in [-0.39, 0.29) is 0 Å². The van der Waals surface area contributed by atoms with Crippen molar-refractivity contribution in [3.8, 4) is 0 Å². The van der Waals surface area contributed by atoms with Crippen molar-refractivity contribution < 1.29 is 5.11 Å². The van der Waals surface area contributed by atoms with Crippen LogP contribution in [0.25, 0.3) is 0 Å². The Morgan fingerprint density at radius 3 is 2.69 bits per heavy atom. The molecule has 4 N–H and O–H groups in total. The predicted octanol–water partition coefficient (Wildman–Crippen LogP) is 0.388. The average Bonchev–Trinajstić information content (AvgIpc) is 2.15. The second kappa shape index (κ2) is 5.14. The number of hydrogen-bond donors (Lipinski definition) is 3. The summed E-state index contributed by atoms with van der Waals surface area (Å²) in [5.41, 5.74) is 5.56. The maximum Gasteiger partial charge on any atom is 0.123 e. The van der Waals surface area contributed by atoms with Crippen LogP contribution in [-0.4, -0.2) is 47.8 Å². The number of nitrogens with one attached hydrogen (secondary N) is 1. The molecule has 0 spiro atoms.